The first kappa shape index (κ1) is 17.0. The zero-order valence-electron chi connectivity index (χ0n) is 13.4. The van der Waals surface area contributed by atoms with Crippen LogP contribution in [0, 0.1) is 0 Å². The molecule has 0 aliphatic carbocycles. The van der Waals surface area contributed by atoms with E-state index in [1.54, 1.807) is 6.07 Å². The van der Waals surface area contributed by atoms with Crippen LogP contribution in [0.25, 0.3) is 0 Å². The van der Waals surface area contributed by atoms with Crippen LogP contribution in [-0.2, 0) is 0 Å². The molecule has 0 radical (unpaired) electrons. The Hall–Kier alpha value is -1.89. The number of halogens is 1. The highest BCUT2D eigenvalue weighted by atomic mass is 35.5. The zero-order chi connectivity index (χ0) is 16.8. The molecule has 7 heteroatoms. The molecule has 6 nitrogen and oxygen atoms in total. The SMILES string of the molecule is OC(COc1ccccc1)CN1CCN(c2cc(Cl)ncn2)CC1. The van der Waals surface area contributed by atoms with Crippen molar-refractivity contribution in [3.63, 3.8) is 0 Å². The fourth-order valence-corrected chi connectivity index (χ4v) is 2.86. The molecule has 2 aromatic rings. The van der Waals surface area contributed by atoms with Crippen LogP contribution in [0.5, 0.6) is 5.75 Å². The first-order chi connectivity index (χ1) is 11.7. The highest BCUT2D eigenvalue weighted by molar-refractivity contribution is 6.29. The Kier molecular flexibility index (Phi) is 5.85. The molecule has 1 saturated heterocycles. The maximum Gasteiger partial charge on any atom is 0.134 e. The van der Waals surface area contributed by atoms with Gasteiger partial charge in [0.1, 0.15) is 35.8 Å². The molecule has 1 unspecified atom stereocenters. The van der Waals surface area contributed by atoms with Gasteiger partial charge in [0.15, 0.2) is 0 Å². The van der Waals surface area contributed by atoms with Crippen LogP contribution in [-0.4, -0.2) is 65.4 Å². The summed E-state index contributed by atoms with van der Waals surface area (Å²) >= 11 is 5.91. The molecule has 128 valence electrons. The quantitative estimate of drug-likeness (QED) is 0.802. The number of aromatic nitrogens is 2. The van der Waals surface area contributed by atoms with Gasteiger partial charge in [-0.15, -0.1) is 0 Å². The number of aliphatic hydroxyl groups excluding tert-OH is 1. The maximum atomic E-state index is 10.2. The van der Waals surface area contributed by atoms with E-state index in [9.17, 15) is 5.11 Å². The smallest absolute Gasteiger partial charge is 0.134 e. The van der Waals surface area contributed by atoms with Crippen LogP contribution in [0.3, 0.4) is 0 Å². The summed E-state index contributed by atoms with van der Waals surface area (Å²) in [4.78, 5) is 12.6. The number of anilines is 1. The average molecular weight is 349 g/mol. The predicted molar refractivity (Wildman–Crippen MR) is 93.6 cm³/mol. The van der Waals surface area contributed by atoms with Crippen LogP contribution in [0.1, 0.15) is 0 Å². The van der Waals surface area contributed by atoms with Gasteiger partial charge in [-0.3, -0.25) is 4.90 Å². The number of rotatable bonds is 6. The van der Waals surface area contributed by atoms with Gasteiger partial charge in [-0.1, -0.05) is 29.8 Å². The van der Waals surface area contributed by atoms with E-state index in [4.69, 9.17) is 16.3 Å². The molecule has 24 heavy (non-hydrogen) atoms. The lowest BCUT2D eigenvalue weighted by molar-refractivity contribution is 0.0662. The lowest BCUT2D eigenvalue weighted by Crippen LogP contribution is -2.49. The van der Waals surface area contributed by atoms with Gasteiger partial charge < -0.3 is 14.7 Å². The molecule has 1 fully saturated rings. The molecular weight excluding hydrogens is 328 g/mol. The number of ether oxygens (including phenoxy) is 1. The van der Waals surface area contributed by atoms with E-state index in [0.717, 1.165) is 37.7 Å². The summed E-state index contributed by atoms with van der Waals surface area (Å²) in [6, 6.07) is 11.3. The van der Waals surface area contributed by atoms with E-state index < -0.39 is 6.10 Å². The second-order valence-electron chi connectivity index (χ2n) is 5.76. The minimum atomic E-state index is -0.509. The van der Waals surface area contributed by atoms with Crippen LogP contribution in [0.15, 0.2) is 42.7 Å². The van der Waals surface area contributed by atoms with Gasteiger partial charge in [0.05, 0.1) is 0 Å². The lowest BCUT2D eigenvalue weighted by atomic mass is 10.2. The summed E-state index contributed by atoms with van der Waals surface area (Å²) in [5.41, 5.74) is 0. The topological polar surface area (TPSA) is 61.7 Å². The van der Waals surface area contributed by atoms with E-state index in [0.29, 0.717) is 18.3 Å². The van der Waals surface area contributed by atoms with Crippen molar-refractivity contribution >= 4 is 17.4 Å². The summed E-state index contributed by atoms with van der Waals surface area (Å²) in [7, 11) is 0. The number of piperazine rings is 1. The Bertz CT molecular complexity index is 635. The van der Waals surface area contributed by atoms with Gasteiger partial charge >= 0.3 is 0 Å². The molecule has 0 bridgehead atoms. The third kappa shape index (κ3) is 4.80. The Morgan fingerprint density at radius 2 is 1.88 bits per heavy atom. The minimum absolute atomic E-state index is 0.297. The molecule has 2 heterocycles. The van der Waals surface area contributed by atoms with Crippen LogP contribution in [0.4, 0.5) is 5.82 Å². The first-order valence-electron chi connectivity index (χ1n) is 8.01. The van der Waals surface area contributed by atoms with Gasteiger partial charge in [-0.2, -0.15) is 0 Å². The Morgan fingerprint density at radius 3 is 2.58 bits per heavy atom. The van der Waals surface area contributed by atoms with Gasteiger partial charge in [0, 0.05) is 38.8 Å². The van der Waals surface area contributed by atoms with Crippen molar-refractivity contribution in [2.45, 2.75) is 6.10 Å². The summed E-state index contributed by atoms with van der Waals surface area (Å²) in [5, 5.41) is 10.6. The largest absolute Gasteiger partial charge is 0.491 e. The van der Waals surface area contributed by atoms with E-state index in [2.05, 4.69) is 19.8 Å². The summed E-state index contributed by atoms with van der Waals surface area (Å²) in [6.07, 6.45) is 0.972. The Labute approximate surface area is 146 Å². The third-order valence-electron chi connectivity index (χ3n) is 3.97. The molecule has 0 saturated carbocycles. The Balaban J connectivity index is 1.42. The van der Waals surface area contributed by atoms with Crippen molar-refractivity contribution in [1.29, 1.82) is 0 Å². The molecule has 1 aliphatic heterocycles. The van der Waals surface area contributed by atoms with Crippen molar-refractivity contribution in [1.82, 2.24) is 14.9 Å². The number of β-amino-alcohol motifs (C(OH)–C–C–N with tert-alkyl or cyclic N) is 1. The van der Waals surface area contributed by atoms with Crippen molar-refractivity contribution < 1.29 is 9.84 Å². The maximum absolute atomic E-state index is 10.2. The number of aliphatic hydroxyl groups is 1. The molecule has 0 amide bonds. The second-order valence-corrected chi connectivity index (χ2v) is 6.15. The van der Waals surface area contributed by atoms with E-state index in [1.165, 1.54) is 6.33 Å². The highest BCUT2D eigenvalue weighted by Crippen LogP contribution is 2.16. The molecular formula is C17H21ClN4O2. The van der Waals surface area contributed by atoms with E-state index in [1.807, 2.05) is 30.3 Å². The van der Waals surface area contributed by atoms with Crippen LogP contribution < -0.4 is 9.64 Å². The van der Waals surface area contributed by atoms with Gasteiger partial charge in [0.25, 0.3) is 0 Å². The van der Waals surface area contributed by atoms with Gasteiger partial charge in [-0.25, -0.2) is 9.97 Å². The number of benzene rings is 1. The standard InChI is InChI=1S/C17H21ClN4O2/c18-16-10-17(20-13-19-16)22-8-6-21(7-9-22)11-14(23)12-24-15-4-2-1-3-5-15/h1-5,10,13-14,23H,6-9,11-12H2. The molecule has 1 aliphatic rings. The van der Waals surface area contributed by atoms with Crippen molar-refractivity contribution in [2.24, 2.45) is 0 Å². The number of nitrogens with zero attached hydrogens (tertiary/aromatic N) is 4. The fraction of sp³-hybridized carbons (Fsp3) is 0.412. The minimum Gasteiger partial charge on any atom is -0.491 e. The number of hydrogen-bond donors (Lipinski definition) is 1. The first-order valence-corrected chi connectivity index (χ1v) is 8.39. The summed E-state index contributed by atoms with van der Waals surface area (Å²) in [6.45, 7) is 4.32. The normalized spacial score (nSPS) is 16.8. The molecule has 1 aromatic heterocycles. The Morgan fingerprint density at radius 1 is 1.12 bits per heavy atom. The van der Waals surface area contributed by atoms with Crippen molar-refractivity contribution in [3.05, 3.63) is 47.9 Å². The van der Waals surface area contributed by atoms with Crippen LogP contribution >= 0.6 is 11.6 Å². The lowest BCUT2D eigenvalue weighted by Gasteiger charge is -2.36. The number of para-hydroxylation sites is 1. The molecule has 3 rings (SSSR count). The summed E-state index contributed by atoms with van der Waals surface area (Å²) < 4.78 is 5.59. The average Bonchev–Trinajstić information content (AvgIpc) is 2.61. The molecule has 1 aromatic carbocycles. The summed E-state index contributed by atoms with van der Waals surface area (Å²) in [5.74, 6) is 1.63. The highest BCUT2D eigenvalue weighted by Gasteiger charge is 2.20. The van der Waals surface area contributed by atoms with Gasteiger partial charge in [-0.05, 0) is 12.1 Å². The van der Waals surface area contributed by atoms with Crippen molar-refractivity contribution in [2.75, 3.05) is 44.2 Å². The van der Waals surface area contributed by atoms with E-state index >= 15 is 0 Å². The molecule has 0 spiro atoms. The van der Waals surface area contributed by atoms with Gasteiger partial charge in [0.2, 0.25) is 0 Å². The second kappa shape index (κ2) is 8.28. The van der Waals surface area contributed by atoms with Crippen LogP contribution in [0.2, 0.25) is 5.15 Å². The third-order valence-corrected chi connectivity index (χ3v) is 4.18. The molecule has 1 N–H and O–H groups in total. The predicted octanol–water partition coefficient (Wildman–Crippen LogP) is 1.69. The molecule has 1 atom stereocenters. The fourth-order valence-electron chi connectivity index (χ4n) is 2.72. The van der Waals surface area contributed by atoms with Crippen molar-refractivity contribution in [3.8, 4) is 5.75 Å². The van der Waals surface area contributed by atoms with E-state index in [-0.39, 0.29) is 0 Å². The number of hydrogen-bond acceptors (Lipinski definition) is 6. The monoisotopic (exact) mass is 348 g/mol. The zero-order valence-corrected chi connectivity index (χ0v) is 14.1.